The number of rotatable bonds is 3. The van der Waals surface area contributed by atoms with Gasteiger partial charge in [-0.1, -0.05) is 32.0 Å². The standard InChI is InChI=1S/C20H31NO/c1-7-15(2)16-11-8-9-12-17(16)18(22)21-19(3,4)13-10-14-20(21,5)6/h8-9,11-12,15H,7,10,13-14H2,1-6H3. The highest BCUT2D eigenvalue weighted by molar-refractivity contribution is 5.97. The van der Waals surface area contributed by atoms with Crippen molar-refractivity contribution < 1.29 is 4.79 Å². The van der Waals surface area contributed by atoms with Crippen molar-refractivity contribution in [3.05, 3.63) is 35.4 Å². The molecule has 0 aliphatic carbocycles. The molecule has 1 atom stereocenters. The predicted octanol–water partition coefficient (Wildman–Crippen LogP) is 5.38. The Bertz CT molecular complexity index is 528. The summed E-state index contributed by atoms with van der Waals surface area (Å²) in [5.74, 6) is 0.613. The summed E-state index contributed by atoms with van der Waals surface area (Å²) < 4.78 is 0. The SMILES string of the molecule is CCC(C)c1ccccc1C(=O)N1C(C)(C)CCCC1(C)C. The topological polar surface area (TPSA) is 20.3 Å². The Morgan fingerprint density at radius 3 is 2.23 bits per heavy atom. The average Bonchev–Trinajstić information content (AvgIpc) is 2.44. The fourth-order valence-electron chi connectivity index (χ4n) is 4.01. The number of carbonyl (C=O) groups excluding carboxylic acids is 1. The van der Waals surface area contributed by atoms with E-state index in [2.05, 4.69) is 52.5 Å². The number of nitrogens with zero attached hydrogens (tertiary/aromatic N) is 1. The monoisotopic (exact) mass is 301 g/mol. The Labute approximate surface area is 135 Å². The van der Waals surface area contributed by atoms with Crippen LogP contribution in [-0.2, 0) is 0 Å². The van der Waals surface area contributed by atoms with E-state index in [1.54, 1.807) is 0 Å². The molecule has 1 aromatic rings. The zero-order valence-electron chi connectivity index (χ0n) is 15.1. The third-order valence-corrected chi connectivity index (χ3v) is 5.33. The van der Waals surface area contributed by atoms with Gasteiger partial charge in [0.2, 0.25) is 0 Å². The van der Waals surface area contributed by atoms with Crippen LogP contribution in [0, 0.1) is 0 Å². The lowest BCUT2D eigenvalue weighted by molar-refractivity contribution is -0.0112. The van der Waals surface area contributed by atoms with Gasteiger partial charge in [-0.3, -0.25) is 4.79 Å². The summed E-state index contributed by atoms with van der Waals surface area (Å²) in [6.07, 6.45) is 4.40. The van der Waals surface area contributed by atoms with Crippen molar-refractivity contribution in [2.75, 3.05) is 0 Å². The lowest BCUT2D eigenvalue weighted by Crippen LogP contribution is -2.61. The van der Waals surface area contributed by atoms with Gasteiger partial charge in [-0.25, -0.2) is 0 Å². The van der Waals surface area contributed by atoms with Crippen LogP contribution in [0.1, 0.15) is 89.1 Å². The molecule has 0 radical (unpaired) electrons. The minimum absolute atomic E-state index is 0.0819. The van der Waals surface area contributed by atoms with Gasteiger partial charge in [0.05, 0.1) is 0 Å². The third-order valence-electron chi connectivity index (χ3n) is 5.33. The van der Waals surface area contributed by atoms with Crippen LogP contribution in [0.15, 0.2) is 24.3 Å². The number of amides is 1. The first kappa shape index (κ1) is 17.1. The molecule has 22 heavy (non-hydrogen) atoms. The average molecular weight is 301 g/mol. The molecular weight excluding hydrogens is 270 g/mol. The van der Waals surface area contributed by atoms with Crippen LogP contribution in [0.4, 0.5) is 0 Å². The predicted molar refractivity (Wildman–Crippen MR) is 93.3 cm³/mol. The Balaban J connectivity index is 2.46. The minimum atomic E-state index is -0.0819. The van der Waals surface area contributed by atoms with Crippen molar-refractivity contribution in [2.24, 2.45) is 0 Å². The number of carbonyl (C=O) groups is 1. The second-order valence-electron chi connectivity index (χ2n) is 8.02. The molecule has 122 valence electrons. The molecule has 2 nitrogen and oxygen atoms in total. The fraction of sp³-hybridized carbons (Fsp3) is 0.650. The quantitative estimate of drug-likeness (QED) is 0.733. The van der Waals surface area contributed by atoms with Crippen molar-refractivity contribution in [1.29, 1.82) is 0 Å². The van der Waals surface area contributed by atoms with Crippen LogP contribution < -0.4 is 0 Å². The maximum Gasteiger partial charge on any atom is 0.255 e. The van der Waals surface area contributed by atoms with Gasteiger partial charge in [0, 0.05) is 16.6 Å². The summed E-state index contributed by atoms with van der Waals surface area (Å²) >= 11 is 0. The normalized spacial score (nSPS) is 21.5. The minimum Gasteiger partial charge on any atom is -0.328 e. The Kier molecular flexibility index (Phi) is 4.70. The summed E-state index contributed by atoms with van der Waals surface area (Å²) in [6.45, 7) is 13.2. The molecular formula is C20H31NO. The number of benzene rings is 1. The molecule has 1 unspecified atom stereocenters. The van der Waals surface area contributed by atoms with Crippen molar-refractivity contribution in [3.8, 4) is 0 Å². The molecule has 1 fully saturated rings. The molecule has 1 aliphatic heterocycles. The third kappa shape index (κ3) is 3.06. The van der Waals surface area contributed by atoms with Crippen LogP contribution in [0.2, 0.25) is 0 Å². The van der Waals surface area contributed by atoms with Gasteiger partial charge >= 0.3 is 0 Å². The van der Waals surface area contributed by atoms with Gasteiger partial charge < -0.3 is 4.90 Å². The molecule has 1 aliphatic rings. The summed E-state index contributed by atoms with van der Waals surface area (Å²) in [6, 6.07) is 8.16. The van der Waals surface area contributed by atoms with E-state index >= 15 is 0 Å². The molecule has 1 aromatic carbocycles. The molecule has 1 amide bonds. The Morgan fingerprint density at radius 2 is 1.68 bits per heavy atom. The highest BCUT2D eigenvalue weighted by atomic mass is 16.2. The molecule has 0 saturated carbocycles. The van der Waals surface area contributed by atoms with Crippen LogP contribution in [-0.4, -0.2) is 21.9 Å². The van der Waals surface area contributed by atoms with Gasteiger partial charge in [0.15, 0.2) is 0 Å². The fourth-order valence-corrected chi connectivity index (χ4v) is 4.01. The lowest BCUT2D eigenvalue weighted by atomic mass is 9.78. The van der Waals surface area contributed by atoms with Crippen LogP contribution >= 0.6 is 0 Å². The van der Waals surface area contributed by atoms with Gasteiger partial charge in [-0.2, -0.15) is 0 Å². The van der Waals surface area contributed by atoms with Crippen molar-refractivity contribution in [3.63, 3.8) is 0 Å². The lowest BCUT2D eigenvalue weighted by Gasteiger charge is -2.53. The summed E-state index contributed by atoms with van der Waals surface area (Å²) in [5.41, 5.74) is 1.91. The zero-order chi connectivity index (χ0) is 16.5. The van der Waals surface area contributed by atoms with Gasteiger partial charge in [0.1, 0.15) is 0 Å². The van der Waals surface area contributed by atoms with Crippen molar-refractivity contribution >= 4 is 5.91 Å². The molecule has 2 heteroatoms. The second-order valence-corrected chi connectivity index (χ2v) is 8.02. The van der Waals surface area contributed by atoms with Gasteiger partial charge in [0.25, 0.3) is 5.91 Å². The van der Waals surface area contributed by atoms with Crippen LogP contribution in [0.3, 0.4) is 0 Å². The maximum atomic E-state index is 13.4. The molecule has 2 rings (SSSR count). The van der Waals surface area contributed by atoms with Crippen molar-refractivity contribution in [1.82, 2.24) is 4.90 Å². The first-order valence-corrected chi connectivity index (χ1v) is 8.64. The van der Waals surface area contributed by atoms with Crippen LogP contribution in [0.25, 0.3) is 0 Å². The van der Waals surface area contributed by atoms with Gasteiger partial charge in [-0.15, -0.1) is 0 Å². The highest BCUT2D eigenvalue weighted by Crippen LogP contribution is 2.40. The van der Waals surface area contributed by atoms with E-state index in [0.29, 0.717) is 5.92 Å². The number of hydrogen-bond acceptors (Lipinski definition) is 1. The number of likely N-dealkylation sites (tertiary alicyclic amines) is 1. The highest BCUT2D eigenvalue weighted by Gasteiger charge is 2.44. The number of hydrogen-bond donors (Lipinski definition) is 0. The summed E-state index contributed by atoms with van der Waals surface area (Å²) in [4.78, 5) is 15.5. The van der Waals surface area contributed by atoms with E-state index < -0.39 is 0 Å². The van der Waals surface area contributed by atoms with E-state index in [0.717, 1.165) is 24.8 Å². The maximum absolute atomic E-state index is 13.4. The van der Waals surface area contributed by atoms with E-state index in [9.17, 15) is 4.79 Å². The molecule has 0 aromatic heterocycles. The molecule has 0 spiro atoms. The zero-order valence-corrected chi connectivity index (χ0v) is 15.1. The largest absolute Gasteiger partial charge is 0.328 e. The van der Waals surface area contributed by atoms with Crippen molar-refractivity contribution in [2.45, 2.75) is 84.2 Å². The van der Waals surface area contributed by atoms with E-state index in [1.165, 1.54) is 12.0 Å². The molecule has 0 N–H and O–H groups in total. The molecule has 1 saturated heterocycles. The van der Waals surface area contributed by atoms with E-state index in [1.807, 2.05) is 18.2 Å². The second kappa shape index (κ2) is 6.06. The van der Waals surface area contributed by atoms with E-state index in [4.69, 9.17) is 0 Å². The van der Waals surface area contributed by atoms with Crippen LogP contribution in [0.5, 0.6) is 0 Å². The summed E-state index contributed by atoms with van der Waals surface area (Å²) in [5, 5.41) is 0. The molecule has 1 heterocycles. The van der Waals surface area contributed by atoms with E-state index in [-0.39, 0.29) is 17.0 Å². The van der Waals surface area contributed by atoms with Gasteiger partial charge in [-0.05, 0) is 70.9 Å². The Morgan fingerprint density at radius 1 is 1.14 bits per heavy atom. The number of piperidine rings is 1. The Hall–Kier alpha value is -1.31. The first-order valence-electron chi connectivity index (χ1n) is 8.64. The smallest absolute Gasteiger partial charge is 0.255 e. The molecule has 0 bridgehead atoms. The first-order chi connectivity index (χ1) is 10.2. The summed E-state index contributed by atoms with van der Waals surface area (Å²) in [7, 11) is 0.